The summed E-state index contributed by atoms with van der Waals surface area (Å²) in [7, 11) is 0. The summed E-state index contributed by atoms with van der Waals surface area (Å²) in [6, 6.07) is 4.14. The predicted molar refractivity (Wildman–Crippen MR) is 59.7 cm³/mol. The Morgan fingerprint density at radius 2 is 2.17 bits per heavy atom. The van der Waals surface area contributed by atoms with Crippen LogP contribution in [0.5, 0.6) is 5.75 Å². The van der Waals surface area contributed by atoms with Crippen molar-refractivity contribution < 1.29 is 22.6 Å². The van der Waals surface area contributed by atoms with Crippen LogP contribution in [0.15, 0.2) is 18.2 Å². The molecule has 2 rings (SSSR count). The standard InChI is InChI=1S/C11H11ClF3NO2/c12-8-5-7(9-6-17-4-3-16-9)1-2-10(8)18-11(13,14)15/h1-2,5,9,16H,3-4,6H2/t9-/m1/s1. The molecule has 1 aliphatic heterocycles. The van der Waals surface area contributed by atoms with E-state index in [1.54, 1.807) is 6.07 Å². The Morgan fingerprint density at radius 3 is 2.72 bits per heavy atom. The molecular formula is C11H11ClF3NO2. The minimum atomic E-state index is -4.74. The second kappa shape index (κ2) is 5.34. The van der Waals surface area contributed by atoms with E-state index in [1.807, 2.05) is 0 Å². The van der Waals surface area contributed by atoms with Gasteiger partial charge in [-0.1, -0.05) is 17.7 Å². The lowest BCUT2D eigenvalue weighted by molar-refractivity contribution is -0.274. The molecule has 0 radical (unpaired) electrons. The van der Waals surface area contributed by atoms with Crippen LogP contribution in [-0.2, 0) is 4.74 Å². The number of halogens is 4. The van der Waals surface area contributed by atoms with E-state index < -0.39 is 12.1 Å². The summed E-state index contributed by atoms with van der Waals surface area (Å²) in [6.07, 6.45) is -4.74. The van der Waals surface area contributed by atoms with Gasteiger partial charge >= 0.3 is 6.36 Å². The first kappa shape index (κ1) is 13.5. The average Bonchev–Trinajstić information content (AvgIpc) is 2.31. The zero-order chi connectivity index (χ0) is 13.2. The second-order valence-electron chi connectivity index (χ2n) is 3.82. The molecular weight excluding hydrogens is 271 g/mol. The number of rotatable bonds is 2. The summed E-state index contributed by atoms with van der Waals surface area (Å²) < 4.78 is 45.3. The number of benzene rings is 1. The monoisotopic (exact) mass is 281 g/mol. The Labute approximate surface area is 107 Å². The van der Waals surface area contributed by atoms with Crippen molar-refractivity contribution in [3.05, 3.63) is 28.8 Å². The molecule has 7 heteroatoms. The van der Waals surface area contributed by atoms with Crippen molar-refractivity contribution in [1.29, 1.82) is 0 Å². The molecule has 0 unspecified atom stereocenters. The van der Waals surface area contributed by atoms with E-state index in [2.05, 4.69) is 10.1 Å². The van der Waals surface area contributed by atoms with E-state index >= 15 is 0 Å². The van der Waals surface area contributed by atoms with E-state index in [0.717, 1.165) is 5.56 Å². The zero-order valence-corrected chi connectivity index (χ0v) is 10.0. The van der Waals surface area contributed by atoms with Crippen molar-refractivity contribution in [3.63, 3.8) is 0 Å². The fourth-order valence-corrected chi connectivity index (χ4v) is 1.95. The predicted octanol–water partition coefficient (Wildman–Crippen LogP) is 2.90. The third-order valence-corrected chi connectivity index (χ3v) is 2.80. The number of alkyl halides is 3. The summed E-state index contributed by atoms with van der Waals surface area (Å²) in [5, 5.41) is 3.11. The molecule has 1 N–H and O–H groups in total. The van der Waals surface area contributed by atoms with Gasteiger partial charge in [0.05, 0.1) is 24.3 Å². The topological polar surface area (TPSA) is 30.5 Å². The van der Waals surface area contributed by atoms with Gasteiger partial charge in [-0.05, 0) is 17.7 Å². The van der Waals surface area contributed by atoms with Gasteiger partial charge in [0.15, 0.2) is 0 Å². The maximum Gasteiger partial charge on any atom is 0.573 e. The van der Waals surface area contributed by atoms with Crippen molar-refractivity contribution in [2.24, 2.45) is 0 Å². The lowest BCUT2D eigenvalue weighted by Gasteiger charge is -2.24. The van der Waals surface area contributed by atoms with Gasteiger partial charge in [-0.3, -0.25) is 0 Å². The Balaban J connectivity index is 2.13. The molecule has 1 aromatic rings. The van der Waals surface area contributed by atoms with Gasteiger partial charge in [-0.25, -0.2) is 0 Å². The van der Waals surface area contributed by atoms with Crippen molar-refractivity contribution in [1.82, 2.24) is 5.32 Å². The van der Waals surface area contributed by atoms with E-state index in [9.17, 15) is 13.2 Å². The summed E-state index contributed by atoms with van der Waals surface area (Å²) >= 11 is 5.76. The fraction of sp³-hybridized carbons (Fsp3) is 0.455. The van der Waals surface area contributed by atoms with Crippen LogP contribution in [0.2, 0.25) is 5.02 Å². The largest absolute Gasteiger partial charge is 0.573 e. The summed E-state index contributed by atoms with van der Waals surface area (Å²) in [4.78, 5) is 0. The van der Waals surface area contributed by atoms with Gasteiger partial charge in [-0.15, -0.1) is 13.2 Å². The molecule has 0 aromatic heterocycles. The molecule has 1 fully saturated rings. The highest BCUT2D eigenvalue weighted by Crippen LogP contribution is 2.32. The van der Waals surface area contributed by atoms with Crippen molar-refractivity contribution in [2.75, 3.05) is 19.8 Å². The van der Waals surface area contributed by atoms with Crippen molar-refractivity contribution in [3.8, 4) is 5.75 Å². The first-order valence-corrected chi connectivity index (χ1v) is 5.70. The molecule has 1 atom stereocenters. The van der Waals surface area contributed by atoms with Crippen LogP contribution in [0.1, 0.15) is 11.6 Å². The Morgan fingerprint density at radius 1 is 1.39 bits per heavy atom. The van der Waals surface area contributed by atoms with Gasteiger partial charge in [0, 0.05) is 6.54 Å². The van der Waals surface area contributed by atoms with Crippen LogP contribution in [0.4, 0.5) is 13.2 Å². The molecule has 0 amide bonds. The maximum absolute atomic E-state index is 12.1. The van der Waals surface area contributed by atoms with Gasteiger partial charge in [0.2, 0.25) is 0 Å². The minimum absolute atomic E-state index is 0.0591. The van der Waals surface area contributed by atoms with E-state index in [-0.39, 0.29) is 11.1 Å². The second-order valence-corrected chi connectivity index (χ2v) is 4.23. The molecule has 1 heterocycles. The molecule has 3 nitrogen and oxygen atoms in total. The first-order valence-electron chi connectivity index (χ1n) is 5.32. The maximum atomic E-state index is 12.1. The number of morpholine rings is 1. The van der Waals surface area contributed by atoms with Crippen LogP contribution < -0.4 is 10.1 Å². The SMILES string of the molecule is FC(F)(F)Oc1ccc([C@H]2COCCN2)cc1Cl. The highest BCUT2D eigenvalue weighted by atomic mass is 35.5. The average molecular weight is 282 g/mol. The number of nitrogens with one attached hydrogen (secondary N) is 1. The van der Waals surface area contributed by atoms with Gasteiger partial charge in [-0.2, -0.15) is 0 Å². The lowest BCUT2D eigenvalue weighted by atomic mass is 10.1. The highest BCUT2D eigenvalue weighted by molar-refractivity contribution is 6.32. The number of hydrogen-bond acceptors (Lipinski definition) is 3. The lowest BCUT2D eigenvalue weighted by Crippen LogP contribution is -2.34. The van der Waals surface area contributed by atoms with Gasteiger partial charge in [0.1, 0.15) is 5.75 Å². The Kier molecular flexibility index (Phi) is 3.99. The molecule has 1 aromatic carbocycles. The summed E-state index contributed by atoms with van der Waals surface area (Å²) in [5.74, 6) is -0.398. The van der Waals surface area contributed by atoms with E-state index in [1.165, 1.54) is 12.1 Å². The van der Waals surface area contributed by atoms with Gasteiger partial charge < -0.3 is 14.8 Å². The molecule has 0 spiro atoms. The van der Waals surface area contributed by atoms with Crippen LogP contribution in [0, 0.1) is 0 Å². The highest BCUT2D eigenvalue weighted by Gasteiger charge is 2.32. The molecule has 0 saturated carbocycles. The molecule has 1 saturated heterocycles. The molecule has 0 aliphatic carbocycles. The minimum Gasteiger partial charge on any atom is -0.404 e. The van der Waals surface area contributed by atoms with Crippen LogP contribution in [0.3, 0.4) is 0 Å². The Hall–Kier alpha value is -0.980. The van der Waals surface area contributed by atoms with Crippen LogP contribution >= 0.6 is 11.6 Å². The first-order chi connectivity index (χ1) is 8.46. The van der Waals surface area contributed by atoms with Crippen LogP contribution in [0.25, 0.3) is 0 Å². The fourth-order valence-electron chi connectivity index (χ4n) is 1.72. The molecule has 0 bridgehead atoms. The summed E-state index contributed by atoms with van der Waals surface area (Å²) in [5.41, 5.74) is 0.772. The van der Waals surface area contributed by atoms with Crippen LogP contribution in [-0.4, -0.2) is 26.1 Å². The quantitative estimate of drug-likeness (QED) is 0.904. The molecule has 18 heavy (non-hydrogen) atoms. The smallest absolute Gasteiger partial charge is 0.404 e. The van der Waals surface area contributed by atoms with Gasteiger partial charge in [0.25, 0.3) is 0 Å². The third kappa shape index (κ3) is 3.51. The normalized spacial score (nSPS) is 20.8. The molecule has 1 aliphatic rings. The van der Waals surface area contributed by atoms with Crippen molar-refractivity contribution >= 4 is 11.6 Å². The third-order valence-electron chi connectivity index (χ3n) is 2.51. The molecule has 100 valence electrons. The van der Waals surface area contributed by atoms with E-state index in [4.69, 9.17) is 16.3 Å². The number of hydrogen-bond donors (Lipinski definition) is 1. The van der Waals surface area contributed by atoms with E-state index in [0.29, 0.717) is 19.8 Å². The van der Waals surface area contributed by atoms with Crippen molar-refractivity contribution in [2.45, 2.75) is 12.4 Å². The zero-order valence-electron chi connectivity index (χ0n) is 9.26. The Bertz CT molecular complexity index is 419. The number of ether oxygens (including phenoxy) is 2. The summed E-state index contributed by atoms with van der Waals surface area (Å²) in [6.45, 7) is 1.79.